The van der Waals surface area contributed by atoms with Gasteiger partial charge in [-0.25, -0.2) is 0 Å². The van der Waals surface area contributed by atoms with E-state index in [4.69, 9.17) is 21.4 Å². The van der Waals surface area contributed by atoms with Gasteiger partial charge in [0.05, 0.1) is 12.1 Å². The Hall–Kier alpha value is -1.82. The number of hydrogen-bond acceptors (Lipinski definition) is 5. The average Bonchev–Trinajstić information content (AvgIpc) is 2.79. The predicted molar refractivity (Wildman–Crippen MR) is 139 cm³/mol. The molecule has 0 aliphatic heterocycles. The van der Waals surface area contributed by atoms with E-state index in [0.29, 0.717) is 51.8 Å². The number of phenols is 1. The summed E-state index contributed by atoms with van der Waals surface area (Å²) in [6.45, 7) is 13.8. The molecule has 184 valence electrons. The maximum absolute atomic E-state index is 10.9. The standard InChI is InChI=1S/C27H41ClN2O3/c1-8-30-23-12-10-18(3)27(6,20(23)5)14-13-17(2)9-11-21-25(32)22(15-29-16-31)19(4)24(28)26(21)33-7/h9,13-15,18,20,23,30-32H,8,10-12,16H2,1-7H3/b14-13+,17-9+,29-15?/t18-,20+,23?,27+/m1/s1. The first-order chi connectivity index (χ1) is 15.6. The molecule has 0 saturated heterocycles. The van der Waals surface area contributed by atoms with Crippen LogP contribution in [0.5, 0.6) is 11.5 Å². The molecular weight excluding hydrogens is 436 g/mol. The third-order valence-electron chi connectivity index (χ3n) is 7.61. The van der Waals surface area contributed by atoms with E-state index < -0.39 is 0 Å². The molecule has 1 aliphatic carbocycles. The van der Waals surface area contributed by atoms with Gasteiger partial charge in [0.2, 0.25) is 0 Å². The summed E-state index contributed by atoms with van der Waals surface area (Å²) >= 11 is 6.52. The van der Waals surface area contributed by atoms with Crippen LogP contribution in [-0.2, 0) is 6.42 Å². The highest BCUT2D eigenvalue weighted by molar-refractivity contribution is 6.33. The highest BCUT2D eigenvalue weighted by atomic mass is 35.5. The number of aliphatic hydroxyl groups is 1. The van der Waals surface area contributed by atoms with Gasteiger partial charge in [-0.15, -0.1) is 0 Å². The van der Waals surface area contributed by atoms with Gasteiger partial charge in [-0.1, -0.05) is 63.1 Å². The molecule has 2 rings (SSSR count). The third-order valence-corrected chi connectivity index (χ3v) is 8.07. The molecule has 1 unspecified atom stereocenters. The summed E-state index contributed by atoms with van der Waals surface area (Å²) in [5, 5.41) is 24.0. The maximum atomic E-state index is 10.9. The van der Waals surface area contributed by atoms with Crippen LogP contribution >= 0.6 is 11.6 Å². The van der Waals surface area contributed by atoms with E-state index in [9.17, 15) is 5.11 Å². The minimum Gasteiger partial charge on any atom is -0.507 e. The number of ether oxygens (including phenoxy) is 1. The molecule has 5 nitrogen and oxygen atoms in total. The number of phenolic OH excluding ortho intramolecular Hbond substituents is 1. The molecule has 1 aliphatic rings. The van der Waals surface area contributed by atoms with Gasteiger partial charge >= 0.3 is 0 Å². The SMILES string of the molecule is CCNC1CC[C@@H](C)[C@](C)(/C=C/C(C)=C/Cc2c(O)c(C=NCO)c(C)c(Cl)c2OC)[C@H]1C. The second-order valence-electron chi connectivity index (χ2n) is 9.45. The molecule has 33 heavy (non-hydrogen) atoms. The molecular formula is C27H41ClN2O3. The van der Waals surface area contributed by atoms with E-state index in [2.05, 4.69) is 63.2 Å². The number of rotatable bonds is 9. The van der Waals surface area contributed by atoms with Gasteiger partial charge in [0.1, 0.15) is 18.2 Å². The fourth-order valence-electron chi connectivity index (χ4n) is 4.93. The number of aliphatic imine (C=N–C) groups is 1. The second kappa shape index (κ2) is 12.0. The number of benzene rings is 1. The summed E-state index contributed by atoms with van der Waals surface area (Å²) in [5.41, 5.74) is 3.00. The number of halogens is 1. The lowest BCUT2D eigenvalue weighted by atomic mass is 9.60. The van der Waals surface area contributed by atoms with Crippen molar-refractivity contribution in [3.8, 4) is 11.5 Å². The summed E-state index contributed by atoms with van der Waals surface area (Å²) in [5.74, 6) is 1.70. The van der Waals surface area contributed by atoms with E-state index in [1.807, 2.05) is 0 Å². The Morgan fingerprint density at radius 2 is 2.03 bits per heavy atom. The lowest BCUT2D eigenvalue weighted by Gasteiger charge is -2.47. The van der Waals surface area contributed by atoms with E-state index in [1.165, 1.54) is 19.1 Å². The lowest BCUT2D eigenvalue weighted by molar-refractivity contribution is 0.0802. The lowest BCUT2D eigenvalue weighted by Crippen LogP contribution is -2.48. The number of nitrogens with zero attached hydrogens (tertiary/aromatic N) is 1. The van der Waals surface area contributed by atoms with Gasteiger partial charge in [0, 0.05) is 23.4 Å². The smallest absolute Gasteiger partial charge is 0.144 e. The topological polar surface area (TPSA) is 74.1 Å². The minimum absolute atomic E-state index is 0.0777. The van der Waals surface area contributed by atoms with Crippen LogP contribution in [0.15, 0.2) is 28.8 Å². The van der Waals surface area contributed by atoms with Crippen LogP contribution in [0.1, 0.15) is 64.2 Å². The summed E-state index contributed by atoms with van der Waals surface area (Å²) in [6, 6.07) is 0.542. The zero-order chi connectivity index (χ0) is 24.8. The molecule has 0 radical (unpaired) electrons. The molecule has 0 aromatic heterocycles. The van der Waals surface area contributed by atoms with Crippen molar-refractivity contribution < 1.29 is 14.9 Å². The maximum Gasteiger partial charge on any atom is 0.144 e. The van der Waals surface area contributed by atoms with Gasteiger partial charge in [-0.05, 0) is 62.5 Å². The van der Waals surface area contributed by atoms with E-state index in [0.717, 1.165) is 12.1 Å². The normalized spacial score (nSPS) is 26.5. The van der Waals surface area contributed by atoms with Crippen LogP contribution in [0.4, 0.5) is 0 Å². The number of allylic oxidation sites excluding steroid dienone is 4. The summed E-state index contributed by atoms with van der Waals surface area (Å²) in [6.07, 6.45) is 11.0. The number of aromatic hydroxyl groups is 1. The highest BCUT2D eigenvalue weighted by Gasteiger charge is 2.42. The molecule has 1 aromatic rings. The largest absolute Gasteiger partial charge is 0.507 e. The van der Waals surface area contributed by atoms with Crippen LogP contribution < -0.4 is 10.1 Å². The Morgan fingerprint density at radius 3 is 2.64 bits per heavy atom. The van der Waals surface area contributed by atoms with Crippen molar-refractivity contribution in [3.05, 3.63) is 45.5 Å². The molecule has 0 heterocycles. The molecule has 3 N–H and O–H groups in total. The summed E-state index contributed by atoms with van der Waals surface area (Å²) in [4.78, 5) is 3.86. The van der Waals surface area contributed by atoms with Gasteiger partial charge < -0.3 is 20.3 Å². The molecule has 6 heteroatoms. The second-order valence-corrected chi connectivity index (χ2v) is 9.83. The predicted octanol–water partition coefficient (Wildman–Crippen LogP) is 5.83. The Morgan fingerprint density at radius 1 is 1.33 bits per heavy atom. The van der Waals surface area contributed by atoms with Crippen molar-refractivity contribution >= 4 is 17.8 Å². The van der Waals surface area contributed by atoms with E-state index in [-0.39, 0.29) is 17.9 Å². The van der Waals surface area contributed by atoms with Crippen molar-refractivity contribution in [2.75, 3.05) is 20.4 Å². The van der Waals surface area contributed by atoms with Crippen molar-refractivity contribution in [2.45, 2.75) is 66.8 Å². The molecule has 1 fully saturated rings. The zero-order valence-corrected chi connectivity index (χ0v) is 22.0. The van der Waals surface area contributed by atoms with Crippen molar-refractivity contribution in [3.63, 3.8) is 0 Å². The molecule has 0 spiro atoms. The summed E-state index contributed by atoms with van der Waals surface area (Å²) in [7, 11) is 1.55. The number of aliphatic hydroxyl groups excluding tert-OH is 1. The van der Waals surface area contributed by atoms with Gasteiger partial charge in [-0.2, -0.15) is 0 Å². The quantitative estimate of drug-likeness (QED) is 0.310. The first-order valence-electron chi connectivity index (χ1n) is 11.9. The van der Waals surface area contributed by atoms with E-state index in [1.54, 1.807) is 14.0 Å². The Labute approximate surface area is 204 Å². The number of methoxy groups -OCH3 is 1. The fraction of sp³-hybridized carbons (Fsp3) is 0.593. The Balaban J connectivity index is 2.33. The van der Waals surface area contributed by atoms with Gasteiger partial charge in [0.15, 0.2) is 0 Å². The molecule has 4 atom stereocenters. The Bertz CT molecular complexity index is 909. The zero-order valence-electron chi connectivity index (χ0n) is 21.2. The van der Waals surface area contributed by atoms with Crippen molar-refractivity contribution in [2.24, 2.45) is 22.2 Å². The van der Waals surface area contributed by atoms with Crippen LogP contribution in [-0.4, -0.2) is 42.9 Å². The highest BCUT2D eigenvalue weighted by Crippen LogP contribution is 2.46. The van der Waals surface area contributed by atoms with Crippen molar-refractivity contribution in [1.82, 2.24) is 5.32 Å². The Kier molecular flexibility index (Phi) is 10.0. The fourth-order valence-corrected chi connectivity index (χ4v) is 5.23. The minimum atomic E-state index is -0.355. The first kappa shape index (κ1) is 27.4. The van der Waals surface area contributed by atoms with Crippen LogP contribution in [0.25, 0.3) is 0 Å². The monoisotopic (exact) mass is 476 g/mol. The van der Waals surface area contributed by atoms with Crippen molar-refractivity contribution in [1.29, 1.82) is 0 Å². The van der Waals surface area contributed by atoms with Crippen LogP contribution in [0.2, 0.25) is 5.02 Å². The van der Waals surface area contributed by atoms with E-state index >= 15 is 0 Å². The number of hydrogen-bond donors (Lipinski definition) is 3. The van der Waals surface area contributed by atoms with Crippen LogP contribution in [0, 0.1) is 24.2 Å². The van der Waals surface area contributed by atoms with Gasteiger partial charge in [0.25, 0.3) is 0 Å². The molecule has 0 bridgehead atoms. The van der Waals surface area contributed by atoms with Gasteiger partial charge in [-0.3, -0.25) is 4.99 Å². The number of nitrogens with one attached hydrogen (secondary N) is 1. The average molecular weight is 477 g/mol. The molecule has 0 amide bonds. The molecule has 1 saturated carbocycles. The van der Waals surface area contributed by atoms with Crippen LogP contribution in [0.3, 0.4) is 0 Å². The first-order valence-corrected chi connectivity index (χ1v) is 12.3. The summed E-state index contributed by atoms with van der Waals surface area (Å²) < 4.78 is 5.52. The molecule has 1 aromatic carbocycles. The third kappa shape index (κ3) is 6.00.